The van der Waals surface area contributed by atoms with Crippen molar-refractivity contribution in [2.45, 2.75) is 46.0 Å². The van der Waals surface area contributed by atoms with Gasteiger partial charge in [0.25, 0.3) is 5.91 Å². The lowest BCUT2D eigenvalue weighted by Gasteiger charge is -2.25. The molecule has 9 nitrogen and oxygen atoms in total. The Balaban J connectivity index is 1.31. The first kappa shape index (κ1) is 27.0. The van der Waals surface area contributed by atoms with Crippen molar-refractivity contribution >= 4 is 41.0 Å². The predicted molar refractivity (Wildman–Crippen MR) is 139 cm³/mol. The average Bonchev–Trinajstić information content (AvgIpc) is 3.16. The fraction of sp³-hybridized carbons (Fsp3) is 0.414. The van der Waals surface area contributed by atoms with Crippen molar-refractivity contribution < 1.29 is 33.4 Å². The smallest absolute Gasteiger partial charge is 0.338 e. The molecule has 0 aromatic heterocycles. The minimum Gasteiger partial charge on any atom is -0.462 e. The Morgan fingerprint density at radius 1 is 0.921 bits per heavy atom. The van der Waals surface area contributed by atoms with Crippen LogP contribution in [-0.2, 0) is 23.9 Å². The first-order chi connectivity index (χ1) is 18.3. The van der Waals surface area contributed by atoms with Gasteiger partial charge in [0, 0.05) is 5.69 Å². The first-order valence-corrected chi connectivity index (χ1v) is 13.0. The normalized spacial score (nSPS) is 20.6. The van der Waals surface area contributed by atoms with Crippen LogP contribution in [0.15, 0.2) is 48.5 Å². The molecule has 2 aliphatic rings. The molecule has 2 fully saturated rings. The van der Waals surface area contributed by atoms with Crippen molar-refractivity contribution in [3.8, 4) is 0 Å². The Bertz CT molecular complexity index is 1220. The lowest BCUT2D eigenvalue weighted by atomic mass is 9.76. The van der Waals surface area contributed by atoms with Crippen LogP contribution in [0.25, 0.3) is 0 Å². The standard InChI is InChI=1S/C29H32N2O7/c1-3-4-14-37-28(35)19-9-11-21(12-10-19)30-25(32)17-38-29(36)20-6-5-7-22(16-20)31-26(33)23-13-8-18(2)15-24(23)27(31)34/h5-7,9-12,16,18,23-24H,3-4,8,13-15,17H2,1-2H3,(H,30,32)/t18-,23+,24+/m0/s1. The molecule has 1 saturated heterocycles. The summed E-state index contributed by atoms with van der Waals surface area (Å²) in [4.78, 5) is 64.0. The van der Waals surface area contributed by atoms with Gasteiger partial charge in [-0.25, -0.2) is 9.59 Å². The molecule has 0 unspecified atom stereocenters. The van der Waals surface area contributed by atoms with Crippen LogP contribution in [0, 0.1) is 17.8 Å². The zero-order valence-electron chi connectivity index (χ0n) is 21.6. The Kier molecular flexibility index (Phi) is 8.55. The first-order valence-electron chi connectivity index (χ1n) is 13.0. The quantitative estimate of drug-likeness (QED) is 0.296. The summed E-state index contributed by atoms with van der Waals surface area (Å²) in [5.74, 6) is -2.42. The minimum atomic E-state index is -0.752. The summed E-state index contributed by atoms with van der Waals surface area (Å²) in [5.41, 5.74) is 1.26. The van der Waals surface area contributed by atoms with Crippen molar-refractivity contribution in [1.29, 1.82) is 0 Å². The number of ether oxygens (including phenoxy) is 2. The van der Waals surface area contributed by atoms with Gasteiger partial charge in [0.2, 0.25) is 11.8 Å². The van der Waals surface area contributed by atoms with Crippen LogP contribution in [0.2, 0.25) is 0 Å². The molecule has 9 heteroatoms. The molecule has 0 spiro atoms. The van der Waals surface area contributed by atoms with Crippen LogP contribution in [0.1, 0.15) is 66.7 Å². The lowest BCUT2D eigenvalue weighted by molar-refractivity contribution is -0.122. The second kappa shape index (κ2) is 12.0. The second-order valence-electron chi connectivity index (χ2n) is 9.88. The monoisotopic (exact) mass is 520 g/mol. The maximum atomic E-state index is 13.0. The molecule has 2 aromatic rings. The second-order valence-corrected chi connectivity index (χ2v) is 9.88. The highest BCUT2D eigenvalue weighted by Crippen LogP contribution is 2.42. The Morgan fingerprint density at radius 2 is 1.63 bits per heavy atom. The highest BCUT2D eigenvalue weighted by Gasteiger charge is 2.50. The molecule has 1 N–H and O–H groups in total. The molecule has 3 amide bonds. The van der Waals surface area contributed by atoms with E-state index in [0.717, 1.165) is 19.3 Å². The van der Waals surface area contributed by atoms with E-state index in [1.807, 2.05) is 6.92 Å². The molecule has 0 bridgehead atoms. The molecule has 0 radical (unpaired) electrons. The molecule has 1 aliphatic carbocycles. The summed E-state index contributed by atoms with van der Waals surface area (Å²) < 4.78 is 10.3. The molecule has 4 rings (SSSR count). The fourth-order valence-corrected chi connectivity index (χ4v) is 4.91. The van der Waals surface area contributed by atoms with Crippen LogP contribution in [0.3, 0.4) is 0 Å². The van der Waals surface area contributed by atoms with Gasteiger partial charge in [-0.05, 0) is 74.1 Å². The molecule has 1 aliphatic heterocycles. The number of amides is 3. The van der Waals surface area contributed by atoms with E-state index in [-0.39, 0.29) is 29.2 Å². The number of anilines is 2. The van der Waals surface area contributed by atoms with E-state index < -0.39 is 24.5 Å². The Hall–Kier alpha value is -4.01. The van der Waals surface area contributed by atoms with E-state index in [1.165, 1.54) is 17.0 Å². The van der Waals surface area contributed by atoms with E-state index in [0.29, 0.717) is 42.3 Å². The summed E-state index contributed by atoms with van der Waals surface area (Å²) in [5, 5.41) is 2.60. The van der Waals surface area contributed by atoms with Crippen molar-refractivity contribution in [2.75, 3.05) is 23.4 Å². The van der Waals surface area contributed by atoms with Gasteiger partial charge >= 0.3 is 11.9 Å². The van der Waals surface area contributed by atoms with Crippen LogP contribution in [0.4, 0.5) is 11.4 Å². The third-order valence-electron chi connectivity index (χ3n) is 7.00. The number of benzene rings is 2. The van der Waals surface area contributed by atoms with Gasteiger partial charge in [-0.15, -0.1) is 0 Å². The number of unbranched alkanes of at least 4 members (excludes halogenated alkanes) is 1. The molecular formula is C29H32N2O7. The maximum absolute atomic E-state index is 13.0. The zero-order chi connectivity index (χ0) is 27.2. The maximum Gasteiger partial charge on any atom is 0.338 e. The predicted octanol–water partition coefficient (Wildman–Crippen LogP) is 4.36. The van der Waals surface area contributed by atoms with E-state index in [4.69, 9.17) is 9.47 Å². The SMILES string of the molecule is CCCCOC(=O)c1ccc(NC(=O)COC(=O)c2cccc(N3C(=O)[C@@H]4CC[C@H](C)C[C@H]4C3=O)c2)cc1. The molecular weight excluding hydrogens is 488 g/mol. The van der Waals surface area contributed by atoms with Gasteiger partial charge in [-0.2, -0.15) is 0 Å². The van der Waals surface area contributed by atoms with Gasteiger partial charge in [-0.1, -0.05) is 26.3 Å². The Labute approximate surface area is 221 Å². The number of nitrogens with one attached hydrogen (secondary N) is 1. The van der Waals surface area contributed by atoms with Gasteiger partial charge < -0.3 is 14.8 Å². The fourth-order valence-electron chi connectivity index (χ4n) is 4.91. The van der Waals surface area contributed by atoms with E-state index in [9.17, 15) is 24.0 Å². The van der Waals surface area contributed by atoms with Crippen molar-refractivity contribution in [3.05, 3.63) is 59.7 Å². The number of esters is 2. The van der Waals surface area contributed by atoms with Gasteiger partial charge in [0.1, 0.15) is 0 Å². The van der Waals surface area contributed by atoms with Crippen molar-refractivity contribution in [3.63, 3.8) is 0 Å². The van der Waals surface area contributed by atoms with Gasteiger partial charge in [-0.3, -0.25) is 19.3 Å². The number of imide groups is 1. The molecule has 38 heavy (non-hydrogen) atoms. The number of hydrogen-bond acceptors (Lipinski definition) is 7. The number of carbonyl (C=O) groups is 5. The third kappa shape index (κ3) is 6.10. The van der Waals surface area contributed by atoms with E-state index in [2.05, 4.69) is 12.2 Å². The number of hydrogen-bond donors (Lipinski definition) is 1. The van der Waals surface area contributed by atoms with Crippen molar-refractivity contribution in [1.82, 2.24) is 0 Å². The van der Waals surface area contributed by atoms with Gasteiger partial charge in [0.05, 0.1) is 35.3 Å². The van der Waals surface area contributed by atoms with Crippen molar-refractivity contribution in [2.24, 2.45) is 17.8 Å². The molecule has 2 aromatic carbocycles. The van der Waals surface area contributed by atoms with E-state index in [1.54, 1.807) is 36.4 Å². The van der Waals surface area contributed by atoms with Gasteiger partial charge in [0.15, 0.2) is 6.61 Å². The molecule has 1 heterocycles. The lowest BCUT2D eigenvalue weighted by Crippen LogP contribution is -2.31. The van der Waals surface area contributed by atoms with Crippen LogP contribution in [-0.4, -0.2) is 42.9 Å². The van der Waals surface area contributed by atoms with Crippen LogP contribution < -0.4 is 10.2 Å². The minimum absolute atomic E-state index is 0.130. The summed E-state index contributed by atoms with van der Waals surface area (Å²) in [6, 6.07) is 12.3. The average molecular weight is 521 g/mol. The molecule has 200 valence electrons. The summed E-state index contributed by atoms with van der Waals surface area (Å²) >= 11 is 0. The Morgan fingerprint density at radius 3 is 2.37 bits per heavy atom. The summed E-state index contributed by atoms with van der Waals surface area (Å²) in [7, 11) is 0. The number of fused-ring (bicyclic) bond motifs is 1. The molecule has 3 atom stereocenters. The number of nitrogens with zero attached hydrogens (tertiary/aromatic N) is 1. The third-order valence-corrected chi connectivity index (χ3v) is 7.00. The highest BCUT2D eigenvalue weighted by molar-refractivity contribution is 6.22. The van der Waals surface area contributed by atoms with Crippen LogP contribution in [0.5, 0.6) is 0 Å². The van der Waals surface area contributed by atoms with E-state index >= 15 is 0 Å². The van der Waals surface area contributed by atoms with Crippen LogP contribution >= 0.6 is 0 Å². The topological polar surface area (TPSA) is 119 Å². The summed E-state index contributed by atoms with van der Waals surface area (Å²) in [6.45, 7) is 3.91. The zero-order valence-corrected chi connectivity index (χ0v) is 21.6. The number of carbonyl (C=O) groups excluding carboxylic acids is 5. The largest absolute Gasteiger partial charge is 0.462 e. The number of rotatable bonds is 9. The summed E-state index contributed by atoms with van der Waals surface area (Å²) in [6.07, 6.45) is 4.01. The molecule has 1 saturated carbocycles. The highest BCUT2D eigenvalue weighted by atomic mass is 16.5.